The minimum atomic E-state index is -1.52. The van der Waals surface area contributed by atoms with Gasteiger partial charge >= 0.3 is 11.9 Å². The number of hydrogen-bond acceptors (Lipinski definition) is 5. The maximum atomic E-state index is 11.9. The van der Waals surface area contributed by atoms with E-state index >= 15 is 0 Å². The lowest BCUT2D eigenvalue weighted by Crippen LogP contribution is -2.29. The zero-order valence-electron chi connectivity index (χ0n) is 12.0. The molecule has 0 bridgehead atoms. The topological polar surface area (TPSA) is 93.1 Å². The van der Waals surface area contributed by atoms with Crippen LogP contribution in [0.1, 0.15) is 31.7 Å². The highest BCUT2D eigenvalue weighted by molar-refractivity contribution is 6.04. The van der Waals surface area contributed by atoms with Crippen LogP contribution in [0, 0.1) is 5.41 Å². The molecule has 1 aromatic carbocycles. The van der Waals surface area contributed by atoms with Gasteiger partial charge in [0.05, 0.1) is 13.2 Å². The number of carboxylic acids is 1. The molecule has 1 saturated carbocycles. The number of ether oxygens (including phenoxy) is 2. The lowest BCUT2D eigenvalue weighted by Gasteiger charge is -2.12. The van der Waals surface area contributed by atoms with Crippen LogP contribution in [0.3, 0.4) is 0 Å². The number of rotatable bonds is 6. The van der Waals surface area contributed by atoms with Crippen LogP contribution in [0.2, 0.25) is 0 Å². The van der Waals surface area contributed by atoms with E-state index in [1.165, 1.54) is 6.07 Å². The third-order valence-electron chi connectivity index (χ3n) is 3.67. The normalized spacial score (nSPS) is 23.4. The molecule has 1 aliphatic carbocycles. The van der Waals surface area contributed by atoms with Crippen molar-refractivity contribution in [3.63, 3.8) is 0 Å². The molecule has 0 spiro atoms. The predicted molar refractivity (Wildman–Crippen MR) is 73.3 cm³/mol. The fourth-order valence-electron chi connectivity index (χ4n) is 2.49. The fourth-order valence-corrected chi connectivity index (χ4v) is 2.49. The van der Waals surface area contributed by atoms with Crippen molar-refractivity contribution in [2.75, 3.05) is 13.2 Å². The van der Waals surface area contributed by atoms with Crippen molar-refractivity contribution in [2.45, 2.75) is 26.2 Å². The Morgan fingerprint density at radius 1 is 1.33 bits per heavy atom. The summed E-state index contributed by atoms with van der Waals surface area (Å²) in [6.07, 6.45) is 0.192. The highest BCUT2D eigenvalue weighted by Crippen LogP contribution is 2.60. The van der Waals surface area contributed by atoms with Crippen LogP contribution in [-0.4, -0.2) is 35.4 Å². The van der Waals surface area contributed by atoms with Crippen LogP contribution >= 0.6 is 0 Å². The van der Waals surface area contributed by atoms with Crippen LogP contribution in [0.25, 0.3) is 0 Å². The van der Waals surface area contributed by atoms with Crippen LogP contribution < -0.4 is 4.74 Å². The second kappa shape index (κ2) is 5.63. The molecule has 0 saturated heterocycles. The molecule has 1 aromatic rings. The number of phenols is 1. The van der Waals surface area contributed by atoms with Gasteiger partial charge in [0.15, 0.2) is 16.9 Å². The Kier molecular flexibility index (Phi) is 4.06. The predicted octanol–water partition coefficient (Wildman–Crippen LogP) is 1.91. The molecule has 2 unspecified atom stereocenters. The van der Waals surface area contributed by atoms with E-state index < -0.39 is 23.3 Å². The molecule has 2 rings (SSSR count). The lowest BCUT2D eigenvalue weighted by atomic mass is 9.99. The third kappa shape index (κ3) is 2.53. The molecule has 0 aromatic heterocycles. The first-order valence-corrected chi connectivity index (χ1v) is 6.83. The van der Waals surface area contributed by atoms with Gasteiger partial charge in [0, 0.05) is 5.92 Å². The smallest absolute Gasteiger partial charge is 0.324 e. The van der Waals surface area contributed by atoms with Gasteiger partial charge in [-0.3, -0.25) is 9.59 Å². The Balaban J connectivity index is 2.29. The summed E-state index contributed by atoms with van der Waals surface area (Å²) in [5.74, 6) is -2.09. The van der Waals surface area contributed by atoms with Gasteiger partial charge in [0.25, 0.3) is 0 Å². The van der Waals surface area contributed by atoms with Gasteiger partial charge in [-0.1, -0.05) is 6.07 Å². The first-order chi connectivity index (χ1) is 9.97. The molecule has 6 nitrogen and oxygen atoms in total. The third-order valence-corrected chi connectivity index (χ3v) is 3.67. The number of carboxylic acid groups (broad SMARTS) is 1. The standard InChI is InChI=1S/C15H18O6/c1-3-20-12-7-9(5-6-11(12)16)10-8-15(10,13(17)18)14(19)21-4-2/h5-7,10,16H,3-4,8H2,1-2H3,(H,17,18). The van der Waals surface area contributed by atoms with Crippen molar-refractivity contribution in [1.29, 1.82) is 0 Å². The number of hydrogen-bond donors (Lipinski definition) is 2. The molecule has 6 heteroatoms. The van der Waals surface area contributed by atoms with Gasteiger partial charge in [-0.2, -0.15) is 0 Å². The van der Waals surface area contributed by atoms with Crippen molar-refractivity contribution < 1.29 is 29.3 Å². The van der Waals surface area contributed by atoms with E-state index in [9.17, 15) is 19.8 Å². The van der Waals surface area contributed by atoms with E-state index in [2.05, 4.69) is 0 Å². The summed E-state index contributed by atoms with van der Waals surface area (Å²) in [6.45, 7) is 3.94. The molecular formula is C15H18O6. The van der Waals surface area contributed by atoms with E-state index in [-0.39, 0.29) is 24.5 Å². The average Bonchev–Trinajstić information content (AvgIpc) is 3.19. The van der Waals surface area contributed by atoms with E-state index in [1.807, 2.05) is 0 Å². The minimum Gasteiger partial charge on any atom is -0.504 e. The number of aliphatic carboxylic acids is 1. The number of esters is 1. The van der Waals surface area contributed by atoms with Crippen LogP contribution in [0.4, 0.5) is 0 Å². The van der Waals surface area contributed by atoms with Crippen molar-refractivity contribution >= 4 is 11.9 Å². The van der Waals surface area contributed by atoms with Crippen molar-refractivity contribution in [3.8, 4) is 11.5 Å². The largest absolute Gasteiger partial charge is 0.504 e. The van der Waals surface area contributed by atoms with E-state index in [0.717, 1.165) is 0 Å². The van der Waals surface area contributed by atoms with Crippen LogP contribution in [0.5, 0.6) is 11.5 Å². The summed E-state index contributed by atoms with van der Waals surface area (Å²) >= 11 is 0. The van der Waals surface area contributed by atoms with E-state index in [4.69, 9.17) is 9.47 Å². The number of carbonyl (C=O) groups is 2. The molecule has 0 heterocycles. The van der Waals surface area contributed by atoms with Gasteiger partial charge in [-0.15, -0.1) is 0 Å². The molecule has 0 amide bonds. The Bertz CT molecular complexity index is 567. The van der Waals surface area contributed by atoms with Crippen LogP contribution in [-0.2, 0) is 14.3 Å². The second-order valence-electron chi connectivity index (χ2n) is 4.91. The van der Waals surface area contributed by atoms with Gasteiger partial charge < -0.3 is 19.7 Å². The molecule has 2 atom stereocenters. The quantitative estimate of drug-likeness (QED) is 0.615. The van der Waals surface area contributed by atoms with Crippen molar-refractivity contribution in [3.05, 3.63) is 23.8 Å². The zero-order chi connectivity index (χ0) is 15.6. The lowest BCUT2D eigenvalue weighted by molar-refractivity contribution is -0.161. The molecule has 21 heavy (non-hydrogen) atoms. The Labute approximate surface area is 122 Å². The minimum absolute atomic E-state index is 0.0155. The maximum Gasteiger partial charge on any atom is 0.324 e. The summed E-state index contributed by atoms with van der Waals surface area (Å²) in [6, 6.07) is 4.62. The molecule has 2 N–H and O–H groups in total. The average molecular weight is 294 g/mol. The number of carbonyl (C=O) groups excluding carboxylic acids is 1. The Morgan fingerprint density at radius 3 is 2.62 bits per heavy atom. The van der Waals surface area contributed by atoms with Gasteiger partial charge in [-0.05, 0) is 38.0 Å². The molecular weight excluding hydrogens is 276 g/mol. The Morgan fingerprint density at radius 2 is 2.05 bits per heavy atom. The molecule has 114 valence electrons. The summed E-state index contributed by atoms with van der Waals surface area (Å²) in [5.41, 5.74) is -0.872. The summed E-state index contributed by atoms with van der Waals surface area (Å²) in [5, 5.41) is 19.0. The molecule has 1 aliphatic rings. The summed E-state index contributed by atoms with van der Waals surface area (Å²) < 4.78 is 10.2. The monoisotopic (exact) mass is 294 g/mol. The summed E-state index contributed by atoms with van der Waals surface area (Å²) in [4.78, 5) is 23.4. The SMILES string of the molecule is CCOC(=O)C1(C(=O)O)CC1c1ccc(O)c(OCC)c1. The number of benzene rings is 1. The first kappa shape index (κ1) is 15.2. The van der Waals surface area contributed by atoms with Gasteiger partial charge in [0.1, 0.15) is 0 Å². The highest BCUT2D eigenvalue weighted by atomic mass is 16.5. The fraction of sp³-hybridized carbons (Fsp3) is 0.467. The molecule has 0 radical (unpaired) electrons. The van der Waals surface area contributed by atoms with Crippen molar-refractivity contribution in [1.82, 2.24) is 0 Å². The maximum absolute atomic E-state index is 11.9. The van der Waals surface area contributed by atoms with Crippen LogP contribution in [0.15, 0.2) is 18.2 Å². The number of phenolic OH excluding ortho intramolecular Hbond substituents is 1. The zero-order valence-corrected chi connectivity index (χ0v) is 12.0. The number of aromatic hydroxyl groups is 1. The second-order valence-corrected chi connectivity index (χ2v) is 4.91. The van der Waals surface area contributed by atoms with Crippen molar-refractivity contribution in [2.24, 2.45) is 5.41 Å². The summed E-state index contributed by atoms with van der Waals surface area (Å²) in [7, 11) is 0. The molecule has 0 aliphatic heterocycles. The van der Waals surface area contributed by atoms with E-state index in [0.29, 0.717) is 12.2 Å². The molecule has 1 fully saturated rings. The van der Waals surface area contributed by atoms with Gasteiger partial charge in [-0.25, -0.2) is 0 Å². The van der Waals surface area contributed by atoms with Gasteiger partial charge in [0.2, 0.25) is 0 Å². The van der Waals surface area contributed by atoms with E-state index in [1.54, 1.807) is 26.0 Å². The first-order valence-electron chi connectivity index (χ1n) is 6.83. The Hall–Kier alpha value is -2.24. The highest BCUT2D eigenvalue weighted by Gasteiger charge is 2.68.